The maximum atomic E-state index is 12.5. The number of carbonyl (C=O) groups excluding carboxylic acids is 4. The Bertz CT molecular complexity index is 989. The highest BCUT2D eigenvalue weighted by molar-refractivity contribution is 7.89. The maximum absolute atomic E-state index is 12.5. The lowest BCUT2D eigenvalue weighted by atomic mass is 10.1. The van der Waals surface area contributed by atoms with Crippen molar-refractivity contribution in [1.29, 1.82) is 0 Å². The van der Waals surface area contributed by atoms with Crippen LogP contribution in [0.25, 0.3) is 0 Å². The van der Waals surface area contributed by atoms with Crippen LogP contribution in [0.4, 0.5) is 10.5 Å². The number of likely N-dealkylation sites (tertiary alicyclic amines) is 1. The fourth-order valence-electron chi connectivity index (χ4n) is 3.22. The van der Waals surface area contributed by atoms with E-state index in [1.165, 1.54) is 38.1 Å². The Balaban J connectivity index is 1.77. The number of ether oxygens (including phenoxy) is 2. The van der Waals surface area contributed by atoms with Gasteiger partial charge in [-0.1, -0.05) is 0 Å². The first-order valence-electron chi connectivity index (χ1n) is 10.8. The van der Waals surface area contributed by atoms with Crippen molar-refractivity contribution < 1.29 is 37.1 Å². The van der Waals surface area contributed by atoms with Gasteiger partial charge in [-0.05, 0) is 51.0 Å². The summed E-state index contributed by atoms with van der Waals surface area (Å²) in [7, 11) is -4.03. The van der Waals surface area contributed by atoms with E-state index in [0.29, 0.717) is 38.2 Å². The minimum atomic E-state index is -4.03. The molecule has 2 rings (SSSR count). The largest absolute Gasteiger partial charge is 0.454 e. The normalized spacial score (nSPS) is 15.2. The van der Waals surface area contributed by atoms with Gasteiger partial charge in [-0.15, -0.1) is 0 Å². The first-order valence-corrected chi connectivity index (χ1v) is 12.3. The van der Waals surface area contributed by atoms with Gasteiger partial charge < -0.3 is 25.0 Å². The van der Waals surface area contributed by atoms with Crippen molar-refractivity contribution in [2.45, 2.75) is 50.6 Å². The van der Waals surface area contributed by atoms with Crippen LogP contribution in [0.2, 0.25) is 0 Å². The van der Waals surface area contributed by atoms with Gasteiger partial charge in [0.1, 0.15) is 6.04 Å². The van der Waals surface area contributed by atoms with E-state index >= 15 is 0 Å². The summed E-state index contributed by atoms with van der Waals surface area (Å²) in [6.45, 7) is 4.96. The predicted octanol–water partition coefficient (Wildman–Crippen LogP) is 0.592. The summed E-state index contributed by atoms with van der Waals surface area (Å²) >= 11 is 0. The Hall–Kier alpha value is -3.19. The zero-order chi connectivity index (χ0) is 25.3. The zero-order valence-electron chi connectivity index (χ0n) is 19.3. The summed E-state index contributed by atoms with van der Waals surface area (Å²) < 4.78 is 37.0. The number of hydrogen-bond acceptors (Lipinski definition) is 8. The van der Waals surface area contributed by atoms with E-state index in [1.807, 2.05) is 0 Å². The fourth-order valence-corrected chi connectivity index (χ4v) is 4.41. The van der Waals surface area contributed by atoms with Gasteiger partial charge >= 0.3 is 12.1 Å². The number of anilines is 1. The van der Waals surface area contributed by atoms with E-state index in [-0.39, 0.29) is 22.9 Å². The molecule has 1 aromatic carbocycles. The van der Waals surface area contributed by atoms with Crippen LogP contribution in [0, 0.1) is 0 Å². The fraction of sp³-hybridized carbons (Fsp3) is 0.524. The summed E-state index contributed by atoms with van der Waals surface area (Å²) in [5, 5.41) is 5.26. The predicted molar refractivity (Wildman–Crippen MR) is 121 cm³/mol. The van der Waals surface area contributed by atoms with E-state index < -0.39 is 34.5 Å². The first kappa shape index (κ1) is 27.1. The Labute approximate surface area is 198 Å². The van der Waals surface area contributed by atoms with Crippen LogP contribution in [0.1, 0.15) is 33.6 Å². The van der Waals surface area contributed by atoms with Crippen LogP contribution in [0.3, 0.4) is 0 Å². The minimum Gasteiger partial charge on any atom is -0.454 e. The highest BCUT2D eigenvalue weighted by Gasteiger charge is 2.26. The molecule has 0 spiro atoms. The summed E-state index contributed by atoms with van der Waals surface area (Å²) in [6.07, 6.45) is 0.687. The Morgan fingerprint density at radius 1 is 1.09 bits per heavy atom. The van der Waals surface area contributed by atoms with E-state index in [0.717, 1.165) is 0 Å². The molecule has 1 saturated heterocycles. The summed E-state index contributed by atoms with van der Waals surface area (Å²) in [4.78, 5) is 48.5. The average molecular weight is 499 g/mol. The van der Waals surface area contributed by atoms with Crippen molar-refractivity contribution in [1.82, 2.24) is 14.9 Å². The smallest absolute Gasteiger partial charge is 0.409 e. The second-order valence-corrected chi connectivity index (χ2v) is 9.40. The lowest BCUT2D eigenvalue weighted by Gasteiger charge is -2.31. The average Bonchev–Trinajstić information content (AvgIpc) is 2.77. The molecule has 1 aromatic rings. The van der Waals surface area contributed by atoms with Gasteiger partial charge in [-0.2, -0.15) is 4.72 Å². The summed E-state index contributed by atoms with van der Waals surface area (Å²) in [6, 6.07) is 3.99. The van der Waals surface area contributed by atoms with Crippen molar-refractivity contribution in [2.24, 2.45) is 0 Å². The van der Waals surface area contributed by atoms with Crippen LogP contribution in [-0.2, 0) is 33.9 Å². The topological polar surface area (TPSA) is 160 Å². The second-order valence-electron chi connectivity index (χ2n) is 7.68. The number of amides is 3. The van der Waals surface area contributed by atoms with Crippen LogP contribution < -0.4 is 15.4 Å². The molecule has 3 amide bonds. The van der Waals surface area contributed by atoms with E-state index in [9.17, 15) is 27.6 Å². The molecule has 1 atom stereocenters. The molecule has 0 aromatic heterocycles. The maximum Gasteiger partial charge on any atom is 0.409 e. The van der Waals surface area contributed by atoms with Crippen molar-refractivity contribution >= 4 is 39.6 Å². The SMILES string of the molecule is CCOC(=O)N1CCC(NC(=O)COC(=O)[C@H](C)NS(=O)(=O)c2ccc(NC(C)=O)cc2)CC1. The number of sulfonamides is 1. The molecule has 1 aliphatic heterocycles. The molecule has 188 valence electrons. The zero-order valence-corrected chi connectivity index (χ0v) is 20.1. The molecule has 3 N–H and O–H groups in total. The monoisotopic (exact) mass is 498 g/mol. The molecule has 12 nitrogen and oxygen atoms in total. The van der Waals surface area contributed by atoms with Gasteiger partial charge in [0, 0.05) is 31.7 Å². The Kier molecular flexibility index (Phi) is 9.81. The molecule has 1 fully saturated rings. The van der Waals surface area contributed by atoms with Gasteiger partial charge in [0.15, 0.2) is 6.61 Å². The summed E-state index contributed by atoms with van der Waals surface area (Å²) in [5.41, 5.74) is 0.427. The van der Waals surface area contributed by atoms with E-state index in [4.69, 9.17) is 9.47 Å². The van der Waals surface area contributed by atoms with Crippen molar-refractivity contribution in [3.63, 3.8) is 0 Å². The molecule has 1 heterocycles. The number of carbonyl (C=O) groups is 4. The highest BCUT2D eigenvalue weighted by Crippen LogP contribution is 2.15. The highest BCUT2D eigenvalue weighted by atomic mass is 32.2. The number of rotatable bonds is 9. The molecule has 0 bridgehead atoms. The molecular weight excluding hydrogens is 468 g/mol. The van der Waals surface area contributed by atoms with Gasteiger partial charge in [-0.25, -0.2) is 13.2 Å². The van der Waals surface area contributed by atoms with Crippen LogP contribution in [-0.4, -0.2) is 75.6 Å². The van der Waals surface area contributed by atoms with Crippen LogP contribution >= 0.6 is 0 Å². The van der Waals surface area contributed by atoms with Crippen molar-refractivity contribution in [3.8, 4) is 0 Å². The van der Waals surface area contributed by atoms with E-state index in [2.05, 4.69) is 15.4 Å². The lowest BCUT2D eigenvalue weighted by molar-refractivity contribution is -0.150. The molecule has 34 heavy (non-hydrogen) atoms. The van der Waals surface area contributed by atoms with E-state index in [1.54, 1.807) is 11.8 Å². The molecule has 13 heteroatoms. The number of esters is 1. The number of piperidine rings is 1. The van der Waals surface area contributed by atoms with Gasteiger partial charge in [0.25, 0.3) is 5.91 Å². The third-order valence-electron chi connectivity index (χ3n) is 4.90. The standard InChI is InChI=1S/C21H30N4O8S/c1-4-32-21(29)25-11-9-17(10-12-25)23-19(27)13-33-20(28)14(2)24-34(30,31)18-7-5-16(6-8-18)22-15(3)26/h5-8,14,17,24H,4,9-13H2,1-3H3,(H,22,26)(H,23,27)/t14-/m0/s1. The van der Waals surface area contributed by atoms with Crippen LogP contribution in [0.15, 0.2) is 29.2 Å². The van der Waals surface area contributed by atoms with Gasteiger partial charge in [0.05, 0.1) is 11.5 Å². The molecule has 0 saturated carbocycles. The second kappa shape index (κ2) is 12.3. The quantitative estimate of drug-likeness (QED) is 0.417. The molecule has 0 aliphatic carbocycles. The molecule has 0 radical (unpaired) electrons. The number of nitrogens with one attached hydrogen (secondary N) is 3. The van der Waals surface area contributed by atoms with Crippen molar-refractivity contribution in [3.05, 3.63) is 24.3 Å². The molecule has 1 aliphatic rings. The number of hydrogen-bond donors (Lipinski definition) is 3. The van der Waals surface area contributed by atoms with Crippen LogP contribution in [0.5, 0.6) is 0 Å². The first-order chi connectivity index (χ1) is 16.0. The van der Waals surface area contributed by atoms with Crippen molar-refractivity contribution in [2.75, 3.05) is 31.6 Å². The van der Waals surface area contributed by atoms with Gasteiger partial charge in [-0.3, -0.25) is 14.4 Å². The molecular formula is C21H30N4O8S. The molecule has 0 unspecified atom stereocenters. The third kappa shape index (κ3) is 8.30. The Morgan fingerprint density at radius 3 is 2.26 bits per heavy atom. The lowest BCUT2D eigenvalue weighted by Crippen LogP contribution is -2.48. The Morgan fingerprint density at radius 2 is 1.71 bits per heavy atom. The minimum absolute atomic E-state index is 0.104. The van der Waals surface area contributed by atoms with Gasteiger partial charge in [0.2, 0.25) is 15.9 Å². The number of benzene rings is 1. The third-order valence-corrected chi connectivity index (χ3v) is 6.46. The summed E-state index contributed by atoms with van der Waals surface area (Å²) in [5.74, 6) is -1.73. The number of nitrogens with zero attached hydrogens (tertiary/aromatic N) is 1.